The van der Waals surface area contributed by atoms with Crippen molar-refractivity contribution in [2.24, 2.45) is 29.1 Å². The molecular weight excluding hydrogens is 342 g/mol. The Labute approximate surface area is 138 Å². The number of nitrogens with zero attached hydrogens (tertiary/aromatic N) is 1. The summed E-state index contributed by atoms with van der Waals surface area (Å²) in [7, 11) is 0. The number of hydrogen-bond donors (Lipinski definition) is 0. The normalized spacial score (nSPS) is 33.2. The molecule has 2 bridgehead atoms. The van der Waals surface area contributed by atoms with Crippen LogP contribution in [-0.2, 0) is 9.59 Å². The molecule has 2 saturated carbocycles. The maximum Gasteiger partial charge on any atom is 0.237 e. The lowest BCUT2D eigenvalue weighted by Gasteiger charge is -2.27. The summed E-state index contributed by atoms with van der Waals surface area (Å²) in [5.74, 6) is 1.05. The van der Waals surface area contributed by atoms with Gasteiger partial charge in [0, 0.05) is 10.4 Å². The standard InChI is InChI=1S/C18H18BrNO2/c1-11-14-6-7-15(18(14)8-9-18)16(11)17(22)20(10-21)13-4-2-12(19)3-5-13/h2-7,10-11,14-16H,8-9H2,1H3/t11-,14-,15-,16-/m1/s1. The third kappa shape index (κ3) is 1.79. The molecule has 0 aromatic heterocycles. The van der Waals surface area contributed by atoms with E-state index in [0.717, 1.165) is 4.47 Å². The molecule has 4 atom stereocenters. The van der Waals surface area contributed by atoms with Gasteiger partial charge >= 0.3 is 0 Å². The number of carbonyl (C=O) groups is 2. The fourth-order valence-corrected chi connectivity index (χ4v) is 5.03. The molecule has 0 N–H and O–H groups in total. The second-order valence-electron chi connectivity index (χ2n) is 6.84. The highest BCUT2D eigenvalue weighted by Crippen LogP contribution is 2.72. The molecule has 1 spiro atoms. The Hall–Kier alpha value is -1.42. The zero-order chi connectivity index (χ0) is 15.5. The summed E-state index contributed by atoms with van der Waals surface area (Å²) in [4.78, 5) is 25.9. The van der Waals surface area contributed by atoms with Gasteiger partial charge in [0.2, 0.25) is 12.3 Å². The van der Waals surface area contributed by atoms with Crippen LogP contribution in [0.2, 0.25) is 0 Å². The zero-order valence-corrected chi connectivity index (χ0v) is 14.0. The molecule has 0 unspecified atom stereocenters. The molecule has 1 aromatic carbocycles. The molecule has 0 aliphatic heterocycles. The molecular formula is C18H18BrNO2. The minimum atomic E-state index is -0.0636. The fraction of sp³-hybridized carbons (Fsp3) is 0.444. The highest BCUT2D eigenvalue weighted by atomic mass is 79.9. The van der Waals surface area contributed by atoms with Crippen LogP contribution in [0.15, 0.2) is 40.9 Å². The van der Waals surface area contributed by atoms with Crippen molar-refractivity contribution in [3.8, 4) is 0 Å². The van der Waals surface area contributed by atoms with Crippen molar-refractivity contribution in [2.75, 3.05) is 4.90 Å². The van der Waals surface area contributed by atoms with Crippen molar-refractivity contribution >= 4 is 33.9 Å². The molecule has 2 fully saturated rings. The van der Waals surface area contributed by atoms with Gasteiger partial charge in [0.1, 0.15) is 0 Å². The monoisotopic (exact) mass is 359 g/mol. The van der Waals surface area contributed by atoms with E-state index in [1.54, 1.807) is 12.1 Å². The van der Waals surface area contributed by atoms with Gasteiger partial charge in [-0.1, -0.05) is 35.0 Å². The largest absolute Gasteiger partial charge is 0.278 e. The topological polar surface area (TPSA) is 37.4 Å². The maximum absolute atomic E-state index is 13.0. The lowest BCUT2D eigenvalue weighted by Crippen LogP contribution is -2.39. The number of anilines is 1. The predicted octanol–water partition coefficient (Wildman–Crippen LogP) is 3.79. The number of carbonyl (C=O) groups excluding carboxylic acids is 2. The Morgan fingerprint density at radius 1 is 1.23 bits per heavy atom. The Morgan fingerprint density at radius 3 is 2.41 bits per heavy atom. The average Bonchev–Trinajstić information content (AvgIpc) is 3.17. The van der Waals surface area contributed by atoms with E-state index in [-0.39, 0.29) is 11.8 Å². The van der Waals surface area contributed by atoms with Crippen molar-refractivity contribution in [1.29, 1.82) is 0 Å². The summed E-state index contributed by atoms with van der Waals surface area (Å²) in [5.41, 5.74) is 0.987. The van der Waals surface area contributed by atoms with Crippen molar-refractivity contribution in [1.82, 2.24) is 0 Å². The first kappa shape index (κ1) is 14.2. The summed E-state index contributed by atoms with van der Waals surface area (Å²) in [6.45, 7) is 2.17. The van der Waals surface area contributed by atoms with Gasteiger partial charge < -0.3 is 0 Å². The molecule has 114 valence electrons. The number of imide groups is 1. The molecule has 4 heteroatoms. The number of hydrogen-bond acceptors (Lipinski definition) is 2. The van der Waals surface area contributed by atoms with Crippen molar-refractivity contribution in [3.05, 3.63) is 40.9 Å². The van der Waals surface area contributed by atoms with E-state index in [4.69, 9.17) is 0 Å². The van der Waals surface area contributed by atoms with E-state index in [0.29, 0.717) is 35.3 Å². The average molecular weight is 360 g/mol. The van der Waals surface area contributed by atoms with Crippen LogP contribution in [0, 0.1) is 29.1 Å². The van der Waals surface area contributed by atoms with Crippen LogP contribution in [0.1, 0.15) is 19.8 Å². The Kier molecular flexibility index (Phi) is 3.09. The van der Waals surface area contributed by atoms with Crippen LogP contribution in [0.25, 0.3) is 0 Å². The summed E-state index contributed by atoms with van der Waals surface area (Å²) < 4.78 is 0.933. The van der Waals surface area contributed by atoms with E-state index >= 15 is 0 Å². The smallest absolute Gasteiger partial charge is 0.237 e. The second kappa shape index (κ2) is 4.79. The highest BCUT2D eigenvalue weighted by molar-refractivity contribution is 9.10. The van der Waals surface area contributed by atoms with Crippen LogP contribution in [0.4, 0.5) is 5.69 Å². The maximum atomic E-state index is 13.0. The number of rotatable bonds is 3. The molecule has 0 radical (unpaired) electrons. The van der Waals surface area contributed by atoms with Gasteiger partial charge in [0.25, 0.3) is 0 Å². The van der Waals surface area contributed by atoms with Gasteiger partial charge in [-0.15, -0.1) is 0 Å². The number of halogens is 1. The minimum absolute atomic E-state index is 0.0482. The van der Waals surface area contributed by atoms with Crippen LogP contribution < -0.4 is 4.90 Å². The third-order valence-electron chi connectivity index (χ3n) is 5.93. The van der Waals surface area contributed by atoms with Crippen LogP contribution in [0.5, 0.6) is 0 Å². The molecule has 3 aliphatic rings. The molecule has 3 nitrogen and oxygen atoms in total. The summed E-state index contributed by atoms with van der Waals surface area (Å²) in [6, 6.07) is 7.31. The van der Waals surface area contributed by atoms with Crippen molar-refractivity contribution in [3.63, 3.8) is 0 Å². The van der Waals surface area contributed by atoms with E-state index in [1.807, 2.05) is 12.1 Å². The van der Waals surface area contributed by atoms with Gasteiger partial charge in [0.15, 0.2) is 0 Å². The first-order valence-electron chi connectivity index (χ1n) is 7.81. The van der Waals surface area contributed by atoms with E-state index in [9.17, 15) is 9.59 Å². The third-order valence-corrected chi connectivity index (χ3v) is 6.46. The Bertz CT molecular complexity index is 662. The van der Waals surface area contributed by atoms with E-state index in [1.165, 1.54) is 17.7 Å². The number of allylic oxidation sites excluding steroid dienone is 2. The van der Waals surface area contributed by atoms with Crippen molar-refractivity contribution < 1.29 is 9.59 Å². The fourth-order valence-electron chi connectivity index (χ4n) is 4.76. The SMILES string of the molecule is C[C@H]1[C@@H](C(=O)N(C=O)c2ccc(Br)cc2)[C@H]2C=C[C@H]1C21CC1. The quantitative estimate of drug-likeness (QED) is 0.608. The molecule has 1 aromatic rings. The predicted molar refractivity (Wildman–Crippen MR) is 88.1 cm³/mol. The summed E-state index contributed by atoms with van der Waals surface area (Å²) >= 11 is 3.38. The highest BCUT2D eigenvalue weighted by Gasteiger charge is 2.67. The number of benzene rings is 1. The summed E-state index contributed by atoms with van der Waals surface area (Å²) in [6.07, 6.45) is 7.64. The first-order valence-corrected chi connectivity index (χ1v) is 8.60. The van der Waals surface area contributed by atoms with Crippen LogP contribution in [0.3, 0.4) is 0 Å². The molecule has 0 heterocycles. The van der Waals surface area contributed by atoms with E-state index in [2.05, 4.69) is 35.0 Å². The second-order valence-corrected chi connectivity index (χ2v) is 7.76. The number of amides is 2. The summed E-state index contributed by atoms with van der Waals surface area (Å²) in [5, 5.41) is 0. The van der Waals surface area contributed by atoms with E-state index < -0.39 is 0 Å². The van der Waals surface area contributed by atoms with Crippen LogP contribution >= 0.6 is 15.9 Å². The van der Waals surface area contributed by atoms with Gasteiger partial charge in [-0.25, -0.2) is 0 Å². The first-order chi connectivity index (χ1) is 10.6. The minimum Gasteiger partial charge on any atom is -0.278 e. The molecule has 22 heavy (non-hydrogen) atoms. The van der Waals surface area contributed by atoms with Crippen LogP contribution in [-0.4, -0.2) is 12.3 Å². The lowest BCUT2D eigenvalue weighted by molar-refractivity contribution is -0.126. The van der Waals surface area contributed by atoms with Crippen molar-refractivity contribution in [2.45, 2.75) is 19.8 Å². The van der Waals surface area contributed by atoms with Gasteiger partial charge in [-0.3, -0.25) is 14.5 Å². The van der Waals surface area contributed by atoms with Gasteiger partial charge in [-0.05, 0) is 60.3 Å². The molecule has 3 aliphatic carbocycles. The lowest BCUT2D eigenvalue weighted by atomic mass is 9.83. The zero-order valence-electron chi connectivity index (χ0n) is 12.4. The van der Waals surface area contributed by atoms with Gasteiger partial charge in [-0.2, -0.15) is 0 Å². The molecule has 0 saturated heterocycles. The Morgan fingerprint density at radius 2 is 1.86 bits per heavy atom. The Balaban J connectivity index is 1.64. The van der Waals surface area contributed by atoms with Gasteiger partial charge in [0.05, 0.1) is 5.69 Å². The molecule has 2 amide bonds. The molecule has 4 rings (SSSR count).